The molecular weight excluding hydrogens is 431 g/mol. The molecule has 1 unspecified atom stereocenters. The Labute approximate surface area is 190 Å². The molecule has 2 aliphatic heterocycles. The maximum absolute atomic E-state index is 15.1. The molecule has 1 aromatic heterocycles. The van der Waals surface area contributed by atoms with Gasteiger partial charge in [0.15, 0.2) is 6.61 Å². The van der Waals surface area contributed by atoms with E-state index in [1.165, 1.54) is 0 Å². The van der Waals surface area contributed by atoms with Gasteiger partial charge >= 0.3 is 0 Å². The number of nitrogens with zero attached hydrogens (tertiary/aromatic N) is 3. The van der Waals surface area contributed by atoms with Crippen molar-refractivity contribution >= 4 is 39.8 Å². The Bertz CT molecular complexity index is 1170. The molecule has 6 nitrogen and oxygen atoms in total. The number of aryl methyl sites for hydroxylation is 1. The van der Waals surface area contributed by atoms with Gasteiger partial charge in [-0.05, 0) is 48.9 Å². The molecule has 0 bridgehead atoms. The number of alkyl halides is 1. The van der Waals surface area contributed by atoms with Gasteiger partial charge in [0.1, 0.15) is 11.9 Å². The Morgan fingerprint density at radius 3 is 2.78 bits per heavy atom. The van der Waals surface area contributed by atoms with Crippen molar-refractivity contribution in [3.8, 4) is 5.75 Å². The number of anilines is 2. The van der Waals surface area contributed by atoms with Crippen molar-refractivity contribution in [1.29, 1.82) is 0 Å². The molecule has 3 heterocycles. The van der Waals surface area contributed by atoms with Gasteiger partial charge in [0.05, 0.1) is 11.2 Å². The van der Waals surface area contributed by atoms with Crippen LogP contribution in [0, 0.1) is 6.92 Å². The molecular formula is C24H24ClFN4O2. The zero-order valence-electron chi connectivity index (χ0n) is 17.8. The lowest BCUT2D eigenvalue weighted by Crippen LogP contribution is -2.47. The molecule has 0 spiro atoms. The van der Waals surface area contributed by atoms with Crippen LogP contribution in [-0.4, -0.2) is 55.1 Å². The van der Waals surface area contributed by atoms with E-state index in [1.54, 1.807) is 18.2 Å². The van der Waals surface area contributed by atoms with Gasteiger partial charge in [0.25, 0.3) is 5.91 Å². The molecule has 1 fully saturated rings. The second-order valence-corrected chi connectivity index (χ2v) is 8.73. The zero-order chi connectivity index (χ0) is 22.2. The van der Waals surface area contributed by atoms with Crippen molar-refractivity contribution in [2.45, 2.75) is 13.1 Å². The Morgan fingerprint density at radius 1 is 1.16 bits per heavy atom. The number of fused-ring (bicyclic) bond motifs is 2. The van der Waals surface area contributed by atoms with Gasteiger partial charge in [-0.2, -0.15) is 0 Å². The molecule has 0 radical (unpaired) electrons. The third-order valence-corrected chi connectivity index (χ3v) is 6.24. The van der Waals surface area contributed by atoms with E-state index < -0.39 is 6.17 Å². The molecule has 32 heavy (non-hydrogen) atoms. The summed E-state index contributed by atoms with van der Waals surface area (Å²) in [5.41, 5.74) is 3.99. The molecule has 8 heteroatoms. The van der Waals surface area contributed by atoms with E-state index in [0.29, 0.717) is 28.6 Å². The summed E-state index contributed by atoms with van der Waals surface area (Å²) in [5.74, 6) is 0.354. The number of ether oxygens (including phenoxy) is 1. The Morgan fingerprint density at radius 2 is 1.97 bits per heavy atom. The second kappa shape index (κ2) is 8.56. The lowest BCUT2D eigenvalue weighted by atomic mass is 10.1. The summed E-state index contributed by atoms with van der Waals surface area (Å²) < 4.78 is 20.4. The number of hydrogen-bond acceptors (Lipinski definition) is 5. The van der Waals surface area contributed by atoms with Crippen LogP contribution >= 0.6 is 11.6 Å². The lowest BCUT2D eigenvalue weighted by Gasteiger charge is -2.37. The minimum absolute atomic E-state index is 0.00669. The summed E-state index contributed by atoms with van der Waals surface area (Å²) >= 11 is 6.36. The van der Waals surface area contributed by atoms with Crippen LogP contribution in [0.3, 0.4) is 0 Å². The van der Waals surface area contributed by atoms with Crippen molar-refractivity contribution in [2.75, 3.05) is 49.5 Å². The monoisotopic (exact) mass is 454 g/mol. The van der Waals surface area contributed by atoms with Crippen molar-refractivity contribution in [2.24, 2.45) is 0 Å². The zero-order valence-corrected chi connectivity index (χ0v) is 18.5. The molecule has 5 rings (SSSR count). The minimum Gasteiger partial charge on any atom is -0.482 e. The van der Waals surface area contributed by atoms with E-state index in [1.807, 2.05) is 25.1 Å². The lowest BCUT2D eigenvalue weighted by molar-refractivity contribution is -0.118. The number of hydrogen-bond donors (Lipinski definition) is 1. The molecule has 0 aliphatic carbocycles. The van der Waals surface area contributed by atoms with Crippen LogP contribution < -0.4 is 15.0 Å². The molecule has 1 saturated heterocycles. The summed E-state index contributed by atoms with van der Waals surface area (Å²) in [6, 6.07) is 13.1. The number of aromatic nitrogens is 1. The summed E-state index contributed by atoms with van der Waals surface area (Å²) in [4.78, 5) is 20.6. The van der Waals surface area contributed by atoms with Gasteiger partial charge in [-0.1, -0.05) is 17.7 Å². The van der Waals surface area contributed by atoms with Gasteiger partial charge in [-0.3, -0.25) is 14.7 Å². The highest BCUT2D eigenvalue weighted by Gasteiger charge is 2.24. The average molecular weight is 455 g/mol. The first kappa shape index (κ1) is 21.0. The average Bonchev–Trinajstić information content (AvgIpc) is 2.78. The second-order valence-electron chi connectivity index (χ2n) is 8.29. The topological polar surface area (TPSA) is 57.7 Å². The SMILES string of the molecule is Cc1ccc2c(N3CCN(CC(F)c4ccc5c(c4)NC(=O)CO5)CC3)cc(Cl)cc2n1. The first-order chi connectivity index (χ1) is 15.5. The van der Waals surface area contributed by atoms with Crippen molar-refractivity contribution in [1.82, 2.24) is 9.88 Å². The van der Waals surface area contributed by atoms with Crippen LogP contribution in [0.5, 0.6) is 5.75 Å². The van der Waals surface area contributed by atoms with E-state index in [9.17, 15) is 4.79 Å². The van der Waals surface area contributed by atoms with Gasteiger partial charge in [0, 0.05) is 54.5 Å². The quantitative estimate of drug-likeness (QED) is 0.634. The van der Waals surface area contributed by atoms with Crippen molar-refractivity contribution in [3.63, 3.8) is 0 Å². The molecule has 1 N–H and O–H groups in total. The normalized spacial score (nSPS) is 17.6. The van der Waals surface area contributed by atoms with Crippen molar-refractivity contribution in [3.05, 3.63) is 58.7 Å². The predicted octanol–water partition coefficient (Wildman–Crippen LogP) is 4.36. The molecule has 1 atom stereocenters. The highest BCUT2D eigenvalue weighted by molar-refractivity contribution is 6.31. The van der Waals surface area contributed by atoms with Crippen molar-refractivity contribution < 1.29 is 13.9 Å². The van der Waals surface area contributed by atoms with Crippen LogP contribution in [0.1, 0.15) is 17.4 Å². The predicted molar refractivity (Wildman–Crippen MR) is 125 cm³/mol. The highest BCUT2D eigenvalue weighted by Crippen LogP contribution is 2.33. The maximum Gasteiger partial charge on any atom is 0.262 e. The van der Waals surface area contributed by atoms with Gasteiger partial charge in [-0.15, -0.1) is 0 Å². The number of halogens is 2. The minimum atomic E-state index is -1.15. The number of carbonyl (C=O) groups excluding carboxylic acids is 1. The van der Waals surface area contributed by atoms with Crippen LogP contribution in [-0.2, 0) is 4.79 Å². The Kier molecular flexibility index (Phi) is 5.61. The third kappa shape index (κ3) is 4.23. The van der Waals surface area contributed by atoms with Gasteiger partial charge in [-0.25, -0.2) is 4.39 Å². The number of pyridine rings is 1. The van der Waals surface area contributed by atoms with E-state index in [0.717, 1.165) is 48.5 Å². The fraction of sp³-hybridized carbons (Fsp3) is 0.333. The fourth-order valence-corrected chi connectivity index (χ4v) is 4.55. The first-order valence-electron chi connectivity index (χ1n) is 10.7. The van der Waals surface area contributed by atoms with Crippen LogP contribution in [0.25, 0.3) is 10.9 Å². The van der Waals surface area contributed by atoms with E-state index in [2.05, 4.69) is 26.2 Å². The summed E-state index contributed by atoms with van der Waals surface area (Å²) in [7, 11) is 0. The highest BCUT2D eigenvalue weighted by atomic mass is 35.5. The van der Waals surface area contributed by atoms with E-state index >= 15 is 4.39 Å². The van der Waals surface area contributed by atoms with Gasteiger partial charge in [0.2, 0.25) is 0 Å². The summed E-state index contributed by atoms with van der Waals surface area (Å²) in [6.45, 7) is 5.33. The number of rotatable bonds is 4. The van der Waals surface area contributed by atoms with Crippen LogP contribution in [0.15, 0.2) is 42.5 Å². The van der Waals surface area contributed by atoms with E-state index in [4.69, 9.17) is 16.3 Å². The van der Waals surface area contributed by atoms with Gasteiger partial charge < -0.3 is 15.0 Å². The molecule has 2 aromatic carbocycles. The number of nitrogens with one attached hydrogen (secondary N) is 1. The Hall–Kier alpha value is -2.90. The Balaban J connectivity index is 1.25. The summed E-state index contributed by atoms with van der Waals surface area (Å²) in [5, 5.41) is 4.48. The molecule has 2 aliphatic rings. The van der Waals surface area contributed by atoms with Crippen LogP contribution in [0.4, 0.5) is 15.8 Å². The number of carbonyl (C=O) groups is 1. The number of amides is 1. The third-order valence-electron chi connectivity index (χ3n) is 6.02. The largest absolute Gasteiger partial charge is 0.482 e. The van der Waals surface area contributed by atoms with E-state index in [-0.39, 0.29) is 12.5 Å². The smallest absolute Gasteiger partial charge is 0.262 e. The fourth-order valence-electron chi connectivity index (χ4n) is 4.34. The maximum atomic E-state index is 15.1. The molecule has 3 aromatic rings. The first-order valence-corrected chi connectivity index (χ1v) is 11.1. The van der Waals surface area contributed by atoms with Crippen LogP contribution in [0.2, 0.25) is 5.02 Å². The molecule has 1 amide bonds. The molecule has 0 saturated carbocycles. The summed E-state index contributed by atoms with van der Waals surface area (Å²) in [6.07, 6.45) is -1.15. The molecule has 166 valence electrons. The number of piperazine rings is 1. The standard InChI is InChI=1S/C24H24ClFN4O2/c1-15-2-4-18-20(27-15)11-17(25)12-22(18)30-8-6-29(7-9-30)13-19(26)16-3-5-23-21(10-16)28-24(31)14-32-23/h2-5,10-12,19H,6-9,13-14H2,1H3,(H,28,31). The number of benzene rings is 2.